The van der Waals surface area contributed by atoms with Gasteiger partial charge in [0.25, 0.3) is 5.69 Å². The van der Waals surface area contributed by atoms with Crippen LogP contribution >= 0.6 is 0 Å². The number of benzene rings is 2. The van der Waals surface area contributed by atoms with Gasteiger partial charge in [0.2, 0.25) is 0 Å². The van der Waals surface area contributed by atoms with Crippen molar-refractivity contribution in [3.05, 3.63) is 76.0 Å². The number of para-hydroxylation sites is 1. The standard InChI is InChI=1S/C17H14N2O3.CH2O3.2K/c1-12(20)15-11-18(10-13-6-3-2-4-7-13)17-14(15)8-5-9-16(17)19(21)22;2-1(3)4;;/h2-9,11H,10H2,1H3;(H2,2,3,4);;/q;;2*+1/p-2. The number of nitrogens with zero attached hydrogens (tertiary/aromatic N) is 2. The maximum absolute atomic E-state index is 11.8. The van der Waals surface area contributed by atoms with E-state index in [0.717, 1.165) is 5.56 Å². The number of rotatable bonds is 4. The summed E-state index contributed by atoms with van der Waals surface area (Å²) >= 11 is 0. The largest absolute Gasteiger partial charge is 1.00 e. The van der Waals surface area contributed by atoms with E-state index in [1.165, 1.54) is 13.0 Å². The third kappa shape index (κ3) is 7.45. The molecule has 28 heavy (non-hydrogen) atoms. The summed E-state index contributed by atoms with van der Waals surface area (Å²) in [6, 6.07) is 14.5. The van der Waals surface area contributed by atoms with Gasteiger partial charge >= 0.3 is 103 Å². The molecule has 0 amide bonds. The van der Waals surface area contributed by atoms with E-state index in [1.807, 2.05) is 30.3 Å². The zero-order valence-corrected chi connectivity index (χ0v) is 22.0. The molecule has 8 nitrogen and oxygen atoms in total. The Kier molecular flexibility index (Phi) is 12.8. The van der Waals surface area contributed by atoms with Gasteiger partial charge in [0.05, 0.1) is 4.92 Å². The first-order valence-electron chi connectivity index (χ1n) is 7.50. The quantitative estimate of drug-likeness (QED) is 0.177. The molecule has 0 unspecified atom stereocenters. The molecule has 1 heterocycles. The van der Waals surface area contributed by atoms with E-state index in [0.29, 0.717) is 23.0 Å². The zero-order chi connectivity index (χ0) is 19.3. The van der Waals surface area contributed by atoms with Crippen LogP contribution in [-0.2, 0) is 6.54 Å². The Morgan fingerprint density at radius 3 is 2.07 bits per heavy atom. The van der Waals surface area contributed by atoms with Gasteiger partial charge in [0.1, 0.15) is 5.52 Å². The van der Waals surface area contributed by atoms with Crippen LogP contribution in [0.4, 0.5) is 10.5 Å². The molecule has 0 saturated heterocycles. The monoisotopic (exact) mass is 432 g/mol. The Bertz CT molecular complexity index is 969. The molecule has 0 fully saturated rings. The normalized spacial score (nSPS) is 9.32. The van der Waals surface area contributed by atoms with Crippen molar-refractivity contribution in [2.24, 2.45) is 0 Å². The molecule has 1 aromatic heterocycles. The van der Waals surface area contributed by atoms with E-state index in [9.17, 15) is 14.9 Å². The average Bonchev–Trinajstić information content (AvgIpc) is 2.94. The number of carbonyl (C=O) groups is 2. The zero-order valence-electron chi connectivity index (χ0n) is 15.7. The van der Waals surface area contributed by atoms with Crippen molar-refractivity contribution in [2.45, 2.75) is 13.5 Å². The van der Waals surface area contributed by atoms with Crippen LogP contribution in [0.15, 0.2) is 54.7 Å². The van der Waals surface area contributed by atoms with Gasteiger partial charge in [-0.15, -0.1) is 0 Å². The molecule has 0 saturated carbocycles. The van der Waals surface area contributed by atoms with Crippen LogP contribution in [0, 0.1) is 10.1 Å². The van der Waals surface area contributed by atoms with Gasteiger partial charge in [-0.1, -0.05) is 42.5 Å². The Balaban J connectivity index is 0.00000111. The third-order valence-corrected chi connectivity index (χ3v) is 3.65. The molecule has 0 spiro atoms. The summed E-state index contributed by atoms with van der Waals surface area (Å²) < 4.78 is 1.78. The van der Waals surface area contributed by atoms with E-state index >= 15 is 0 Å². The Hall–Kier alpha value is -0.407. The predicted molar refractivity (Wildman–Crippen MR) is 89.5 cm³/mol. The third-order valence-electron chi connectivity index (χ3n) is 3.65. The second-order valence-electron chi connectivity index (χ2n) is 5.39. The number of nitro groups is 1. The van der Waals surface area contributed by atoms with E-state index in [-0.39, 0.29) is 114 Å². The molecule has 0 aliphatic heterocycles. The van der Waals surface area contributed by atoms with Crippen molar-refractivity contribution in [1.29, 1.82) is 0 Å². The van der Waals surface area contributed by atoms with Gasteiger partial charge in [-0.25, -0.2) is 0 Å². The number of hydrogen-bond donors (Lipinski definition) is 0. The predicted octanol–water partition coefficient (Wildman–Crippen LogP) is -4.64. The van der Waals surface area contributed by atoms with Crippen molar-refractivity contribution < 1.29 is 127 Å². The summed E-state index contributed by atoms with van der Waals surface area (Å²) in [5.74, 6) is -0.0997. The van der Waals surface area contributed by atoms with Gasteiger partial charge in [0, 0.05) is 29.8 Å². The van der Waals surface area contributed by atoms with E-state index in [2.05, 4.69) is 0 Å². The number of aromatic nitrogens is 1. The molecule has 0 bridgehead atoms. The number of non-ortho nitro benzene ring substituents is 1. The summed E-state index contributed by atoms with van der Waals surface area (Å²) in [5.41, 5.74) is 2.03. The Morgan fingerprint density at radius 2 is 1.57 bits per heavy atom. The van der Waals surface area contributed by atoms with Gasteiger partial charge in [-0.3, -0.25) is 14.9 Å². The molecular formula is C18H14K2N2O6. The summed E-state index contributed by atoms with van der Waals surface area (Å²) in [4.78, 5) is 31.1. The minimum atomic E-state index is -2.33. The molecule has 10 heteroatoms. The van der Waals surface area contributed by atoms with Gasteiger partial charge in [-0.05, 0) is 18.6 Å². The van der Waals surface area contributed by atoms with E-state index in [1.54, 1.807) is 22.9 Å². The maximum Gasteiger partial charge on any atom is 1.00 e. The maximum atomic E-state index is 11.8. The topological polar surface area (TPSA) is 128 Å². The van der Waals surface area contributed by atoms with Crippen LogP contribution in [0.25, 0.3) is 10.9 Å². The van der Waals surface area contributed by atoms with Crippen LogP contribution < -0.4 is 113 Å². The molecule has 2 aromatic carbocycles. The smallest absolute Gasteiger partial charge is 0.652 e. The second kappa shape index (κ2) is 13.0. The van der Waals surface area contributed by atoms with Crippen molar-refractivity contribution in [3.8, 4) is 0 Å². The molecule has 0 radical (unpaired) electrons. The molecule has 0 atom stereocenters. The summed E-state index contributed by atoms with van der Waals surface area (Å²) in [6.07, 6.45) is -0.632. The molecule has 0 N–H and O–H groups in total. The molecule has 3 aromatic rings. The number of fused-ring (bicyclic) bond motifs is 1. The van der Waals surface area contributed by atoms with Gasteiger partial charge < -0.3 is 19.6 Å². The van der Waals surface area contributed by atoms with Crippen LogP contribution in [-0.4, -0.2) is 21.4 Å². The number of nitro benzene ring substituents is 1. The van der Waals surface area contributed by atoms with E-state index in [4.69, 9.17) is 15.0 Å². The fourth-order valence-electron chi connectivity index (χ4n) is 2.67. The number of carboxylic acid groups (broad SMARTS) is 2. The second-order valence-corrected chi connectivity index (χ2v) is 5.39. The minimum Gasteiger partial charge on any atom is -0.652 e. The molecule has 134 valence electrons. The average molecular weight is 433 g/mol. The number of carbonyl (C=O) groups excluding carboxylic acids is 2. The Morgan fingerprint density at radius 1 is 1.00 bits per heavy atom. The van der Waals surface area contributed by atoms with Crippen LogP contribution in [0.3, 0.4) is 0 Å². The molecule has 3 rings (SSSR count). The van der Waals surface area contributed by atoms with Gasteiger partial charge in [-0.2, -0.15) is 0 Å². The summed E-state index contributed by atoms with van der Waals surface area (Å²) in [7, 11) is 0. The van der Waals surface area contributed by atoms with Crippen LogP contribution in [0.1, 0.15) is 22.8 Å². The van der Waals surface area contributed by atoms with Gasteiger partial charge in [0.15, 0.2) is 5.78 Å². The van der Waals surface area contributed by atoms with Crippen molar-refractivity contribution in [1.82, 2.24) is 4.57 Å². The molecular weight excluding hydrogens is 418 g/mol. The fraction of sp³-hybridized carbons (Fsp3) is 0.111. The Labute approximate surface area is 245 Å². The molecule has 0 aliphatic carbocycles. The minimum absolute atomic E-state index is 0. The van der Waals surface area contributed by atoms with Crippen LogP contribution in [0.5, 0.6) is 0 Å². The SMILES string of the molecule is CC(=O)c1cn(Cc2ccccc2)c2c([N+](=O)[O-])cccc12.O=C([O-])[O-].[K+].[K+]. The fourth-order valence-corrected chi connectivity index (χ4v) is 2.67. The van der Waals surface area contributed by atoms with E-state index < -0.39 is 11.1 Å². The first-order valence-corrected chi connectivity index (χ1v) is 7.50. The van der Waals surface area contributed by atoms with Crippen molar-refractivity contribution in [2.75, 3.05) is 0 Å². The molecule has 0 aliphatic rings. The number of hydrogen-bond acceptors (Lipinski definition) is 6. The number of Topliss-reactive ketones (excluding diaryl/α,β-unsaturated/α-hetero) is 1. The first kappa shape index (κ1) is 27.6. The summed E-state index contributed by atoms with van der Waals surface area (Å²) in [6.45, 7) is 1.95. The van der Waals surface area contributed by atoms with Crippen molar-refractivity contribution in [3.63, 3.8) is 0 Å². The first-order chi connectivity index (χ1) is 12.3. The summed E-state index contributed by atoms with van der Waals surface area (Å²) in [5, 5.41) is 28.6. The van der Waals surface area contributed by atoms with Crippen LogP contribution in [0.2, 0.25) is 0 Å². The van der Waals surface area contributed by atoms with Crippen molar-refractivity contribution >= 4 is 28.5 Å². The number of ketones is 1.